The molecule has 1 aliphatic heterocycles. The van der Waals surface area contributed by atoms with Gasteiger partial charge in [0.2, 0.25) is 0 Å². The summed E-state index contributed by atoms with van der Waals surface area (Å²) in [5, 5.41) is -0.205. The Morgan fingerprint density at radius 2 is 2.11 bits per heavy atom. The first-order valence-corrected chi connectivity index (χ1v) is 6.78. The second kappa shape index (κ2) is 5.48. The molecular formula is C14H15NO3S. The zero-order valence-electron chi connectivity index (χ0n) is 11.1. The number of carbonyl (C=O) groups excluding carboxylic acids is 2. The second-order valence-electron chi connectivity index (χ2n) is 4.16. The monoisotopic (exact) mass is 277 g/mol. The van der Waals surface area contributed by atoms with Crippen molar-refractivity contribution in [2.45, 2.75) is 13.8 Å². The Kier molecular flexibility index (Phi) is 3.95. The molecule has 0 aliphatic carbocycles. The maximum atomic E-state index is 12.0. The van der Waals surface area contributed by atoms with E-state index in [-0.39, 0.29) is 11.1 Å². The third-order valence-electron chi connectivity index (χ3n) is 2.91. The number of hydrogen-bond acceptors (Lipinski definition) is 4. The van der Waals surface area contributed by atoms with Gasteiger partial charge in [-0.3, -0.25) is 14.5 Å². The quantitative estimate of drug-likeness (QED) is 0.797. The summed E-state index contributed by atoms with van der Waals surface area (Å²) in [6, 6.07) is 5.65. The molecule has 0 bridgehead atoms. The summed E-state index contributed by atoms with van der Waals surface area (Å²) in [5.41, 5.74) is 1.88. The largest absolute Gasteiger partial charge is 0.496 e. The van der Waals surface area contributed by atoms with E-state index in [1.165, 1.54) is 4.90 Å². The lowest BCUT2D eigenvalue weighted by atomic mass is 10.1. The number of nitrogens with zero attached hydrogens (tertiary/aromatic N) is 1. The highest BCUT2D eigenvalue weighted by Crippen LogP contribution is 2.32. The van der Waals surface area contributed by atoms with E-state index in [9.17, 15) is 9.59 Å². The predicted octanol–water partition coefficient (Wildman–Crippen LogP) is 3.06. The number of thioether (sulfide) groups is 1. The van der Waals surface area contributed by atoms with Crippen molar-refractivity contribution in [2.24, 2.45) is 0 Å². The first kappa shape index (κ1) is 13.7. The molecule has 2 amide bonds. The zero-order chi connectivity index (χ0) is 14.0. The van der Waals surface area contributed by atoms with Gasteiger partial charge in [0.15, 0.2) is 0 Å². The Hall–Kier alpha value is -1.75. The Morgan fingerprint density at radius 3 is 2.63 bits per heavy atom. The fourth-order valence-corrected chi connectivity index (χ4v) is 2.82. The summed E-state index contributed by atoms with van der Waals surface area (Å²) in [4.78, 5) is 25.3. The summed E-state index contributed by atoms with van der Waals surface area (Å²) in [6.07, 6.45) is 1.74. The SMILES string of the molecule is CCN1C(=O)S/C(=C/c2ccc(OC)c(C)c2)C1=O. The van der Waals surface area contributed by atoms with Crippen molar-refractivity contribution in [2.75, 3.05) is 13.7 Å². The Bertz CT molecular complexity index is 566. The van der Waals surface area contributed by atoms with Crippen molar-refractivity contribution in [3.05, 3.63) is 34.2 Å². The van der Waals surface area contributed by atoms with Crippen LogP contribution in [0.2, 0.25) is 0 Å². The highest BCUT2D eigenvalue weighted by atomic mass is 32.2. The lowest BCUT2D eigenvalue weighted by Gasteiger charge is -2.07. The van der Waals surface area contributed by atoms with Crippen molar-refractivity contribution in [1.29, 1.82) is 0 Å². The van der Waals surface area contributed by atoms with Crippen LogP contribution in [0.4, 0.5) is 4.79 Å². The molecule has 5 heteroatoms. The van der Waals surface area contributed by atoms with Crippen LogP contribution in [0, 0.1) is 6.92 Å². The molecule has 0 N–H and O–H groups in total. The normalized spacial score (nSPS) is 17.4. The van der Waals surface area contributed by atoms with E-state index in [4.69, 9.17) is 4.74 Å². The molecule has 0 saturated carbocycles. The molecule has 1 aromatic carbocycles. The van der Waals surface area contributed by atoms with Crippen LogP contribution in [-0.2, 0) is 4.79 Å². The van der Waals surface area contributed by atoms with Crippen molar-refractivity contribution in [3.8, 4) is 5.75 Å². The molecule has 1 fully saturated rings. The van der Waals surface area contributed by atoms with Gasteiger partial charge in [-0.25, -0.2) is 0 Å². The smallest absolute Gasteiger partial charge is 0.293 e. The molecule has 1 heterocycles. The summed E-state index contributed by atoms with van der Waals surface area (Å²) < 4.78 is 5.19. The second-order valence-corrected chi connectivity index (χ2v) is 5.15. The van der Waals surface area contributed by atoms with Gasteiger partial charge in [-0.05, 0) is 54.9 Å². The van der Waals surface area contributed by atoms with Crippen LogP contribution < -0.4 is 4.74 Å². The Morgan fingerprint density at radius 1 is 1.37 bits per heavy atom. The lowest BCUT2D eigenvalue weighted by Crippen LogP contribution is -2.27. The molecule has 19 heavy (non-hydrogen) atoms. The van der Waals surface area contributed by atoms with Crippen LogP contribution in [0.5, 0.6) is 5.75 Å². The predicted molar refractivity (Wildman–Crippen MR) is 76.1 cm³/mol. The fourth-order valence-electron chi connectivity index (χ4n) is 1.92. The molecule has 0 atom stereocenters. The molecule has 0 unspecified atom stereocenters. The number of rotatable bonds is 3. The third kappa shape index (κ3) is 2.66. The van der Waals surface area contributed by atoms with E-state index in [0.29, 0.717) is 11.4 Å². The molecule has 2 rings (SSSR count). The van der Waals surface area contributed by atoms with Gasteiger partial charge < -0.3 is 4.74 Å². The number of imide groups is 1. The number of methoxy groups -OCH3 is 1. The number of ether oxygens (including phenoxy) is 1. The molecule has 1 aliphatic rings. The number of hydrogen-bond donors (Lipinski definition) is 0. The van der Waals surface area contributed by atoms with Crippen LogP contribution in [-0.4, -0.2) is 29.7 Å². The fraction of sp³-hybridized carbons (Fsp3) is 0.286. The third-order valence-corrected chi connectivity index (χ3v) is 3.81. The molecular weight excluding hydrogens is 262 g/mol. The van der Waals surface area contributed by atoms with Crippen LogP contribution in [0.15, 0.2) is 23.1 Å². The summed E-state index contributed by atoms with van der Waals surface area (Å²) in [6.45, 7) is 4.13. The van der Waals surface area contributed by atoms with Gasteiger partial charge in [-0.2, -0.15) is 0 Å². The van der Waals surface area contributed by atoms with E-state index in [1.807, 2.05) is 25.1 Å². The highest BCUT2D eigenvalue weighted by molar-refractivity contribution is 8.18. The van der Waals surface area contributed by atoms with Crippen LogP contribution in [0.3, 0.4) is 0 Å². The molecule has 1 saturated heterocycles. The first-order chi connectivity index (χ1) is 9.06. The summed E-state index contributed by atoms with van der Waals surface area (Å²) in [5.74, 6) is 0.588. The van der Waals surface area contributed by atoms with E-state index < -0.39 is 0 Å². The maximum Gasteiger partial charge on any atom is 0.293 e. The van der Waals surface area contributed by atoms with E-state index in [0.717, 1.165) is 28.6 Å². The molecule has 4 nitrogen and oxygen atoms in total. The maximum absolute atomic E-state index is 12.0. The molecule has 0 radical (unpaired) electrons. The van der Waals surface area contributed by atoms with E-state index in [2.05, 4.69) is 0 Å². The number of benzene rings is 1. The van der Waals surface area contributed by atoms with E-state index in [1.54, 1.807) is 20.1 Å². The zero-order valence-corrected chi connectivity index (χ0v) is 11.9. The van der Waals surface area contributed by atoms with Gasteiger partial charge in [-0.1, -0.05) is 6.07 Å². The van der Waals surface area contributed by atoms with Gasteiger partial charge in [0.1, 0.15) is 5.75 Å². The standard InChI is InChI=1S/C14H15NO3S/c1-4-15-13(16)12(19-14(15)17)8-10-5-6-11(18-3)9(2)7-10/h5-8H,4H2,1-3H3/b12-8+. The van der Waals surface area contributed by atoms with Crippen molar-refractivity contribution in [1.82, 2.24) is 4.90 Å². The van der Waals surface area contributed by atoms with Gasteiger partial charge in [0.05, 0.1) is 12.0 Å². The summed E-state index contributed by atoms with van der Waals surface area (Å²) in [7, 11) is 1.62. The topological polar surface area (TPSA) is 46.6 Å². The Labute approximate surface area is 116 Å². The lowest BCUT2D eigenvalue weighted by molar-refractivity contribution is -0.122. The number of carbonyl (C=O) groups is 2. The highest BCUT2D eigenvalue weighted by Gasteiger charge is 2.33. The molecule has 1 aromatic rings. The average Bonchev–Trinajstić information content (AvgIpc) is 2.64. The van der Waals surface area contributed by atoms with Crippen LogP contribution in [0.25, 0.3) is 6.08 Å². The first-order valence-electron chi connectivity index (χ1n) is 5.96. The van der Waals surface area contributed by atoms with Gasteiger partial charge in [0, 0.05) is 6.54 Å². The van der Waals surface area contributed by atoms with Crippen molar-refractivity contribution < 1.29 is 14.3 Å². The van der Waals surface area contributed by atoms with Crippen LogP contribution in [0.1, 0.15) is 18.1 Å². The van der Waals surface area contributed by atoms with Crippen LogP contribution >= 0.6 is 11.8 Å². The average molecular weight is 277 g/mol. The van der Waals surface area contributed by atoms with Gasteiger partial charge in [0.25, 0.3) is 11.1 Å². The minimum Gasteiger partial charge on any atom is -0.496 e. The Balaban J connectivity index is 2.30. The van der Waals surface area contributed by atoms with Gasteiger partial charge in [-0.15, -0.1) is 0 Å². The molecule has 100 valence electrons. The van der Waals surface area contributed by atoms with Gasteiger partial charge >= 0.3 is 0 Å². The summed E-state index contributed by atoms with van der Waals surface area (Å²) >= 11 is 0.984. The minimum atomic E-state index is -0.217. The van der Waals surface area contributed by atoms with Crippen molar-refractivity contribution in [3.63, 3.8) is 0 Å². The number of likely N-dealkylation sites (N-methyl/N-ethyl adjacent to an activating group) is 1. The van der Waals surface area contributed by atoms with E-state index >= 15 is 0 Å². The minimum absolute atomic E-state index is 0.205. The number of aryl methyl sites for hydroxylation is 1. The molecule has 0 aromatic heterocycles. The van der Waals surface area contributed by atoms with Crippen molar-refractivity contribution >= 4 is 29.0 Å². The molecule has 0 spiro atoms. The number of amides is 2.